The highest BCUT2D eigenvalue weighted by Gasteiger charge is 2.32. The lowest BCUT2D eigenvalue weighted by Gasteiger charge is -2.36. The SMILES string of the molecule is O=C(CN1CCCC(C(=O)N2CCCCC2)C1)Nc1cccc(C(F)(F)F)c1. The number of hydrogen-bond acceptors (Lipinski definition) is 3. The van der Waals surface area contributed by atoms with E-state index >= 15 is 0 Å². The van der Waals surface area contributed by atoms with Gasteiger partial charge in [-0.25, -0.2) is 0 Å². The highest BCUT2D eigenvalue weighted by atomic mass is 19.4. The van der Waals surface area contributed by atoms with Crippen LogP contribution in [0.25, 0.3) is 0 Å². The van der Waals surface area contributed by atoms with E-state index in [4.69, 9.17) is 0 Å². The summed E-state index contributed by atoms with van der Waals surface area (Å²) in [5.41, 5.74) is -0.673. The summed E-state index contributed by atoms with van der Waals surface area (Å²) in [6, 6.07) is 4.60. The summed E-state index contributed by atoms with van der Waals surface area (Å²) in [5, 5.41) is 2.53. The van der Waals surface area contributed by atoms with E-state index in [9.17, 15) is 22.8 Å². The molecule has 2 amide bonds. The molecule has 1 aromatic carbocycles. The zero-order valence-corrected chi connectivity index (χ0v) is 15.8. The van der Waals surface area contributed by atoms with Gasteiger partial charge in [-0.3, -0.25) is 14.5 Å². The molecule has 1 unspecified atom stereocenters. The van der Waals surface area contributed by atoms with Crippen LogP contribution in [0, 0.1) is 5.92 Å². The molecule has 8 heteroatoms. The number of hydrogen-bond donors (Lipinski definition) is 1. The molecule has 2 fully saturated rings. The van der Waals surface area contributed by atoms with Gasteiger partial charge in [0.2, 0.25) is 11.8 Å². The van der Waals surface area contributed by atoms with E-state index < -0.39 is 11.7 Å². The summed E-state index contributed by atoms with van der Waals surface area (Å²) in [4.78, 5) is 28.8. The standard InChI is InChI=1S/C20H26F3N3O2/c21-20(22,23)16-7-4-8-17(12-16)24-18(27)14-25-9-5-6-15(13-25)19(28)26-10-2-1-3-11-26/h4,7-8,12,15H,1-3,5-6,9-11,13-14H2,(H,24,27). The van der Waals surface area contributed by atoms with Gasteiger partial charge in [0, 0.05) is 25.3 Å². The number of carbonyl (C=O) groups is 2. The van der Waals surface area contributed by atoms with E-state index in [0.29, 0.717) is 13.1 Å². The molecule has 28 heavy (non-hydrogen) atoms. The van der Waals surface area contributed by atoms with Crippen molar-refractivity contribution in [3.05, 3.63) is 29.8 Å². The van der Waals surface area contributed by atoms with Crippen molar-refractivity contribution in [3.8, 4) is 0 Å². The molecule has 0 radical (unpaired) electrons. The second kappa shape index (κ2) is 8.94. The Hall–Kier alpha value is -2.09. The van der Waals surface area contributed by atoms with Gasteiger partial charge in [-0.15, -0.1) is 0 Å². The van der Waals surface area contributed by atoms with Gasteiger partial charge in [0.1, 0.15) is 0 Å². The highest BCUT2D eigenvalue weighted by Crippen LogP contribution is 2.30. The van der Waals surface area contributed by atoms with Crippen LogP contribution < -0.4 is 5.32 Å². The van der Waals surface area contributed by atoms with E-state index in [1.807, 2.05) is 9.80 Å². The number of halogens is 3. The number of alkyl halides is 3. The summed E-state index contributed by atoms with van der Waals surface area (Å²) < 4.78 is 38.4. The van der Waals surface area contributed by atoms with Crippen molar-refractivity contribution in [1.82, 2.24) is 9.80 Å². The van der Waals surface area contributed by atoms with Crippen molar-refractivity contribution in [2.24, 2.45) is 5.92 Å². The van der Waals surface area contributed by atoms with Crippen LogP contribution in [0.3, 0.4) is 0 Å². The predicted octanol–water partition coefficient (Wildman–Crippen LogP) is 3.37. The quantitative estimate of drug-likeness (QED) is 0.848. The summed E-state index contributed by atoms with van der Waals surface area (Å²) in [5.74, 6) is -0.304. The minimum absolute atomic E-state index is 0.0695. The van der Waals surface area contributed by atoms with Gasteiger partial charge in [0.05, 0.1) is 18.0 Å². The normalized spacial score (nSPS) is 21.4. The fourth-order valence-electron chi connectivity index (χ4n) is 3.95. The second-order valence-corrected chi connectivity index (χ2v) is 7.59. The maximum atomic E-state index is 12.8. The van der Waals surface area contributed by atoms with Crippen molar-refractivity contribution < 1.29 is 22.8 Å². The lowest BCUT2D eigenvalue weighted by molar-refractivity contribution is -0.139. The first kappa shape index (κ1) is 20.6. The number of nitrogens with zero attached hydrogens (tertiary/aromatic N) is 2. The summed E-state index contributed by atoms with van der Waals surface area (Å²) in [7, 11) is 0. The molecule has 2 heterocycles. The Morgan fingerprint density at radius 3 is 2.54 bits per heavy atom. The van der Waals surface area contributed by atoms with Crippen LogP contribution in [-0.2, 0) is 15.8 Å². The van der Waals surface area contributed by atoms with Gasteiger partial charge < -0.3 is 10.2 Å². The minimum atomic E-state index is -4.45. The minimum Gasteiger partial charge on any atom is -0.342 e. The molecule has 0 aromatic heterocycles. The zero-order valence-electron chi connectivity index (χ0n) is 15.8. The van der Waals surface area contributed by atoms with E-state index in [1.54, 1.807) is 0 Å². The number of amides is 2. The maximum Gasteiger partial charge on any atom is 0.416 e. The molecule has 0 aliphatic carbocycles. The van der Waals surface area contributed by atoms with Gasteiger partial charge in [0.15, 0.2) is 0 Å². The molecule has 1 N–H and O–H groups in total. The van der Waals surface area contributed by atoms with Crippen LogP contribution in [0.5, 0.6) is 0 Å². The number of carbonyl (C=O) groups excluding carboxylic acids is 2. The Balaban J connectivity index is 1.53. The van der Waals surface area contributed by atoms with E-state index in [0.717, 1.165) is 57.3 Å². The topological polar surface area (TPSA) is 52.7 Å². The number of rotatable bonds is 4. The van der Waals surface area contributed by atoms with Crippen LogP contribution in [-0.4, -0.2) is 54.3 Å². The van der Waals surface area contributed by atoms with Gasteiger partial charge >= 0.3 is 6.18 Å². The molecule has 1 aromatic rings. The van der Waals surface area contributed by atoms with Crippen molar-refractivity contribution in [1.29, 1.82) is 0 Å². The Bertz CT molecular complexity index is 702. The third-order valence-electron chi connectivity index (χ3n) is 5.36. The van der Waals surface area contributed by atoms with Gasteiger partial charge in [0.25, 0.3) is 0 Å². The third-order valence-corrected chi connectivity index (χ3v) is 5.36. The van der Waals surface area contributed by atoms with Crippen LogP contribution in [0.2, 0.25) is 0 Å². The summed E-state index contributed by atoms with van der Waals surface area (Å²) in [6.07, 6.45) is 0.456. The second-order valence-electron chi connectivity index (χ2n) is 7.59. The third kappa shape index (κ3) is 5.47. The van der Waals surface area contributed by atoms with Crippen molar-refractivity contribution in [3.63, 3.8) is 0 Å². The molecule has 5 nitrogen and oxygen atoms in total. The van der Waals surface area contributed by atoms with Crippen molar-refractivity contribution in [2.45, 2.75) is 38.3 Å². The molecule has 0 spiro atoms. The molecular weight excluding hydrogens is 371 g/mol. The first-order valence-electron chi connectivity index (χ1n) is 9.81. The number of piperidine rings is 2. The Morgan fingerprint density at radius 2 is 1.82 bits per heavy atom. The molecule has 2 aliphatic rings. The van der Waals surface area contributed by atoms with Gasteiger partial charge in [-0.1, -0.05) is 6.07 Å². The van der Waals surface area contributed by atoms with Crippen molar-refractivity contribution in [2.75, 3.05) is 38.0 Å². The van der Waals surface area contributed by atoms with Crippen LogP contribution in [0.4, 0.5) is 18.9 Å². The number of benzene rings is 1. The van der Waals surface area contributed by atoms with E-state index in [2.05, 4.69) is 5.32 Å². The van der Waals surface area contributed by atoms with E-state index in [-0.39, 0.29) is 30.0 Å². The maximum absolute atomic E-state index is 12.8. The number of likely N-dealkylation sites (tertiary alicyclic amines) is 2. The molecular formula is C20H26F3N3O2. The molecule has 2 saturated heterocycles. The summed E-state index contributed by atoms with van der Waals surface area (Å²) >= 11 is 0. The lowest BCUT2D eigenvalue weighted by Crippen LogP contribution is -2.47. The molecule has 154 valence electrons. The lowest BCUT2D eigenvalue weighted by atomic mass is 9.95. The first-order valence-corrected chi connectivity index (χ1v) is 9.81. The Morgan fingerprint density at radius 1 is 1.07 bits per heavy atom. The zero-order chi connectivity index (χ0) is 20.1. The van der Waals surface area contributed by atoms with Crippen LogP contribution in [0.1, 0.15) is 37.7 Å². The van der Waals surface area contributed by atoms with Crippen LogP contribution >= 0.6 is 0 Å². The fourth-order valence-corrected chi connectivity index (χ4v) is 3.95. The molecule has 0 saturated carbocycles. The Labute approximate surface area is 162 Å². The van der Waals surface area contributed by atoms with Gasteiger partial charge in [-0.2, -0.15) is 13.2 Å². The average Bonchev–Trinajstić information content (AvgIpc) is 2.68. The summed E-state index contributed by atoms with van der Waals surface area (Å²) in [6.45, 7) is 2.92. The molecule has 0 bridgehead atoms. The highest BCUT2D eigenvalue weighted by molar-refractivity contribution is 5.92. The van der Waals surface area contributed by atoms with Crippen LogP contribution in [0.15, 0.2) is 24.3 Å². The van der Waals surface area contributed by atoms with Crippen molar-refractivity contribution >= 4 is 17.5 Å². The first-order chi connectivity index (χ1) is 13.3. The predicted molar refractivity (Wildman–Crippen MR) is 99.7 cm³/mol. The van der Waals surface area contributed by atoms with Gasteiger partial charge in [-0.05, 0) is 56.8 Å². The van der Waals surface area contributed by atoms with E-state index in [1.165, 1.54) is 12.1 Å². The Kier molecular flexibility index (Phi) is 6.59. The molecule has 3 rings (SSSR count). The molecule has 1 atom stereocenters. The number of anilines is 1. The monoisotopic (exact) mass is 397 g/mol. The smallest absolute Gasteiger partial charge is 0.342 e. The fraction of sp³-hybridized carbons (Fsp3) is 0.600. The number of nitrogens with one attached hydrogen (secondary N) is 1. The molecule has 2 aliphatic heterocycles. The average molecular weight is 397 g/mol. The largest absolute Gasteiger partial charge is 0.416 e.